The molecule has 1 saturated carbocycles. The number of aromatic nitrogens is 1. The van der Waals surface area contributed by atoms with Gasteiger partial charge in [-0.25, -0.2) is 4.98 Å². The zero-order valence-electron chi connectivity index (χ0n) is 11.3. The summed E-state index contributed by atoms with van der Waals surface area (Å²) in [6, 6.07) is 4.30. The Kier molecular flexibility index (Phi) is 4.19. The molecule has 0 amide bonds. The number of rotatable bonds is 5. The van der Waals surface area contributed by atoms with Crippen LogP contribution >= 0.6 is 0 Å². The second kappa shape index (κ2) is 5.67. The number of pyridine rings is 1. The van der Waals surface area contributed by atoms with Gasteiger partial charge in [-0.15, -0.1) is 0 Å². The number of likely N-dealkylation sites (N-methyl/N-ethyl adjacent to an activating group) is 1. The molecule has 0 radical (unpaired) electrons. The Bertz CT molecular complexity index is 388. The van der Waals surface area contributed by atoms with Crippen LogP contribution in [0.4, 0.5) is 5.82 Å². The van der Waals surface area contributed by atoms with Gasteiger partial charge >= 0.3 is 0 Å². The number of nitrogen functional groups attached to an aromatic ring is 1. The molecule has 1 aromatic rings. The molecule has 18 heavy (non-hydrogen) atoms. The van der Waals surface area contributed by atoms with Crippen molar-refractivity contribution >= 4 is 5.82 Å². The summed E-state index contributed by atoms with van der Waals surface area (Å²) in [4.78, 5) is 4.03. The van der Waals surface area contributed by atoms with Gasteiger partial charge in [-0.3, -0.25) is 0 Å². The largest absolute Gasteiger partial charge is 0.384 e. The fourth-order valence-electron chi connectivity index (χ4n) is 3.08. The number of nitrogens with zero attached hydrogens (tertiary/aromatic N) is 1. The van der Waals surface area contributed by atoms with Gasteiger partial charge in [0.15, 0.2) is 0 Å². The molecule has 1 aromatic heterocycles. The number of nitrogens with two attached hydrogens (primary N) is 1. The highest BCUT2D eigenvalue weighted by molar-refractivity contribution is 5.32. The maximum Gasteiger partial charge on any atom is 0.123 e. The van der Waals surface area contributed by atoms with Crippen LogP contribution in [0.2, 0.25) is 0 Å². The fourth-order valence-corrected chi connectivity index (χ4v) is 3.08. The third kappa shape index (κ3) is 2.65. The summed E-state index contributed by atoms with van der Waals surface area (Å²) in [6.45, 7) is 0. The number of methoxy groups -OCH3 is 1. The van der Waals surface area contributed by atoms with Crippen LogP contribution in [0.5, 0.6) is 0 Å². The van der Waals surface area contributed by atoms with E-state index in [0.29, 0.717) is 11.9 Å². The van der Waals surface area contributed by atoms with E-state index in [2.05, 4.69) is 10.3 Å². The van der Waals surface area contributed by atoms with E-state index in [0.717, 1.165) is 19.3 Å². The summed E-state index contributed by atoms with van der Waals surface area (Å²) in [5.74, 6) is 0.584. The minimum absolute atomic E-state index is 0.0210. The first-order chi connectivity index (χ1) is 8.70. The van der Waals surface area contributed by atoms with Gasteiger partial charge in [0, 0.05) is 19.3 Å². The van der Waals surface area contributed by atoms with Crippen molar-refractivity contribution < 1.29 is 4.74 Å². The molecule has 1 fully saturated rings. The summed E-state index contributed by atoms with van der Waals surface area (Å²) >= 11 is 0. The number of hydrogen-bond acceptors (Lipinski definition) is 4. The van der Waals surface area contributed by atoms with E-state index in [-0.39, 0.29) is 5.60 Å². The third-order valence-corrected chi connectivity index (χ3v) is 4.13. The first-order valence-corrected chi connectivity index (χ1v) is 6.63. The minimum Gasteiger partial charge on any atom is -0.384 e. The van der Waals surface area contributed by atoms with Crippen LogP contribution in [0.3, 0.4) is 0 Å². The first kappa shape index (κ1) is 13.3. The summed E-state index contributed by atoms with van der Waals surface area (Å²) in [7, 11) is 3.84. The summed E-state index contributed by atoms with van der Waals surface area (Å²) < 4.78 is 5.84. The average Bonchev–Trinajstić information content (AvgIpc) is 2.86. The first-order valence-electron chi connectivity index (χ1n) is 6.63. The Labute approximate surface area is 109 Å². The highest BCUT2D eigenvalue weighted by Crippen LogP contribution is 2.36. The molecule has 3 N–H and O–H groups in total. The van der Waals surface area contributed by atoms with Crippen molar-refractivity contribution in [3.05, 3.63) is 23.9 Å². The molecular weight excluding hydrogens is 226 g/mol. The highest BCUT2D eigenvalue weighted by Gasteiger charge is 2.40. The molecule has 1 heterocycles. The van der Waals surface area contributed by atoms with Gasteiger partial charge in [0.05, 0.1) is 5.60 Å². The lowest BCUT2D eigenvalue weighted by atomic mass is 9.87. The van der Waals surface area contributed by atoms with Crippen molar-refractivity contribution in [3.8, 4) is 0 Å². The fraction of sp³-hybridized carbons (Fsp3) is 0.643. The van der Waals surface area contributed by atoms with Crippen molar-refractivity contribution in [2.75, 3.05) is 19.9 Å². The lowest BCUT2D eigenvalue weighted by molar-refractivity contribution is -0.0336. The Hall–Kier alpha value is -1.13. The predicted octanol–water partition coefficient (Wildman–Crippen LogP) is 1.75. The van der Waals surface area contributed by atoms with E-state index in [9.17, 15) is 0 Å². The van der Waals surface area contributed by atoms with Gasteiger partial charge in [0.25, 0.3) is 0 Å². The molecule has 1 aliphatic rings. The quantitative estimate of drug-likeness (QED) is 0.834. The second-order valence-corrected chi connectivity index (χ2v) is 5.11. The lowest BCUT2D eigenvalue weighted by Crippen LogP contribution is -2.50. The topological polar surface area (TPSA) is 60.2 Å². The normalized spacial score (nSPS) is 19.9. The van der Waals surface area contributed by atoms with E-state index >= 15 is 0 Å². The molecule has 100 valence electrons. The van der Waals surface area contributed by atoms with Crippen molar-refractivity contribution in [1.82, 2.24) is 10.3 Å². The van der Waals surface area contributed by atoms with Crippen molar-refractivity contribution in [2.24, 2.45) is 0 Å². The zero-order valence-corrected chi connectivity index (χ0v) is 11.3. The summed E-state index contributed by atoms with van der Waals surface area (Å²) in [5, 5.41) is 3.42. The average molecular weight is 249 g/mol. The van der Waals surface area contributed by atoms with Crippen LogP contribution < -0.4 is 11.1 Å². The molecule has 4 nitrogen and oxygen atoms in total. The van der Waals surface area contributed by atoms with Gasteiger partial charge < -0.3 is 15.8 Å². The molecule has 1 aliphatic carbocycles. The van der Waals surface area contributed by atoms with Gasteiger partial charge in [-0.2, -0.15) is 0 Å². The Balaban J connectivity index is 2.13. The summed E-state index contributed by atoms with van der Waals surface area (Å²) in [5.41, 5.74) is 6.92. The van der Waals surface area contributed by atoms with Crippen LogP contribution in [0.1, 0.15) is 31.2 Å². The van der Waals surface area contributed by atoms with Crippen LogP contribution in [-0.4, -0.2) is 30.8 Å². The van der Waals surface area contributed by atoms with Crippen molar-refractivity contribution in [1.29, 1.82) is 0 Å². The van der Waals surface area contributed by atoms with E-state index in [4.69, 9.17) is 10.5 Å². The van der Waals surface area contributed by atoms with Gasteiger partial charge in [0.1, 0.15) is 5.82 Å². The van der Waals surface area contributed by atoms with Crippen molar-refractivity contribution in [3.63, 3.8) is 0 Å². The van der Waals surface area contributed by atoms with Crippen molar-refractivity contribution in [2.45, 2.75) is 43.7 Å². The minimum atomic E-state index is -0.0210. The molecule has 0 saturated heterocycles. The standard InChI is InChI=1S/C14H23N3O/c1-16-12(14(18-2)6-3-4-7-14)9-11-5-8-17-13(15)10-11/h5,8,10,12,16H,3-4,6-7,9H2,1-2H3,(H2,15,17). The Morgan fingerprint density at radius 3 is 2.78 bits per heavy atom. The molecule has 0 spiro atoms. The third-order valence-electron chi connectivity index (χ3n) is 4.13. The van der Waals surface area contributed by atoms with E-state index in [1.54, 1.807) is 6.20 Å². The Morgan fingerprint density at radius 2 is 2.22 bits per heavy atom. The molecule has 1 unspecified atom stereocenters. The van der Waals surface area contributed by atoms with E-state index < -0.39 is 0 Å². The Morgan fingerprint density at radius 1 is 1.50 bits per heavy atom. The molecule has 4 heteroatoms. The number of hydrogen-bond donors (Lipinski definition) is 2. The maximum atomic E-state index is 5.84. The second-order valence-electron chi connectivity index (χ2n) is 5.11. The monoisotopic (exact) mass is 249 g/mol. The van der Waals surface area contributed by atoms with Crippen LogP contribution in [0, 0.1) is 0 Å². The predicted molar refractivity (Wildman–Crippen MR) is 73.4 cm³/mol. The van der Waals surface area contributed by atoms with Crippen LogP contribution in [0.25, 0.3) is 0 Å². The highest BCUT2D eigenvalue weighted by atomic mass is 16.5. The molecule has 0 aliphatic heterocycles. The van der Waals surface area contributed by atoms with Crippen LogP contribution in [0.15, 0.2) is 18.3 Å². The molecule has 1 atom stereocenters. The number of anilines is 1. The molecule has 0 bridgehead atoms. The van der Waals surface area contributed by atoms with E-state index in [1.807, 2.05) is 26.3 Å². The van der Waals surface area contributed by atoms with E-state index in [1.165, 1.54) is 18.4 Å². The van der Waals surface area contributed by atoms with Gasteiger partial charge in [-0.05, 0) is 44.0 Å². The van der Waals surface area contributed by atoms with Gasteiger partial charge in [0.2, 0.25) is 0 Å². The molecular formula is C14H23N3O. The van der Waals surface area contributed by atoms with Gasteiger partial charge in [-0.1, -0.05) is 12.8 Å². The lowest BCUT2D eigenvalue weighted by Gasteiger charge is -2.36. The number of nitrogens with one attached hydrogen (secondary N) is 1. The summed E-state index contributed by atoms with van der Waals surface area (Å²) in [6.07, 6.45) is 7.47. The zero-order chi connectivity index (χ0) is 13.0. The number of ether oxygens (including phenoxy) is 1. The maximum absolute atomic E-state index is 5.84. The molecule has 0 aromatic carbocycles. The smallest absolute Gasteiger partial charge is 0.123 e. The van der Waals surface area contributed by atoms with Crippen LogP contribution in [-0.2, 0) is 11.2 Å². The SMILES string of the molecule is CNC(Cc1ccnc(N)c1)C1(OC)CCCC1. The molecule has 2 rings (SSSR count).